The molecular weight excluding hydrogens is 310 g/mol. The van der Waals surface area contributed by atoms with Gasteiger partial charge in [-0.2, -0.15) is 0 Å². The lowest BCUT2D eigenvalue weighted by Gasteiger charge is -2.53. The number of nitrogens with zero attached hydrogens (tertiary/aromatic N) is 1. The normalized spacial score (nSPS) is 17.7. The van der Waals surface area contributed by atoms with Crippen LogP contribution in [0.25, 0.3) is 0 Å². The van der Waals surface area contributed by atoms with E-state index in [-0.39, 0.29) is 0 Å². The third-order valence-electron chi connectivity index (χ3n) is 3.35. The van der Waals surface area contributed by atoms with Gasteiger partial charge in [-0.3, -0.25) is 4.90 Å². The molecular formula is C14H18BrNO3. The molecule has 1 aliphatic heterocycles. The van der Waals surface area contributed by atoms with Crippen molar-refractivity contribution >= 4 is 22.0 Å². The Kier molecular flexibility index (Phi) is 3.62. The van der Waals surface area contributed by atoms with E-state index in [9.17, 15) is 9.90 Å². The maximum Gasteiger partial charge on any atom is 0.408 e. The Bertz CT molecular complexity index is 474. The summed E-state index contributed by atoms with van der Waals surface area (Å²) in [6.07, 6.45) is -0.918. The van der Waals surface area contributed by atoms with Crippen molar-refractivity contribution in [1.29, 1.82) is 0 Å². The van der Waals surface area contributed by atoms with Gasteiger partial charge in [0.25, 0.3) is 0 Å². The minimum Gasteiger partial charge on any atom is -0.465 e. The Labute approximate surface area is 121 Å². The second-order valence-electron chi connectivity index (χ2n) is 5.82. The van der Waals surface area contributed by atoms with E-state index in [4.69, 9.17) is 4.74 Å². The lowest BCUT2D eigenvalue weighted by atomic mass is 9.83. The topological polar surface area (TPSA) is 49.8 Å². The lowest BCUT2D eigenvalue weighted by Crippen LogP contribution is -2.66. The van der Waals surface area contributed by atoms with Crippen molar-refractivity contribution in [3.05, 3.63) is 34.3 Å². The Morgan fingerprint density at radius 2 is 1.84 bits per heavy atom. The number of ether oxygens (including phenoxy) is 1. The predicted molar refractivity (Wildman–Crippen MR) is 76.3 cm³/mol. The van der Waals surface area contributed by atoms with Gasteiger partial charge in [-0.1, -0.05) is 28.1 Å². The molecule has 0 saturated carbocycles. The molecule has 0 bridgehead atoms. The molecule has 1 N–H and O–H groups in total. The van der Waals surface area contributed by atoms with E-state index in [0.717, 1.165) is 10.0 Å². The first-order valence-electron chi connectivity index (χ1n) is 6.14. The molecule has 0 aromatic heterocycles. The number of hydrogen-bond acceptors (Lipinski definition) is 2. The van der Waals surface area contributed by atoms with E-state index in [2.05, 4.69) is 15.9 Å². The van der Waals surface area contributed by atoms with Crippen molar-refractivity contribution in [2.24, 2.45) is 0 Å². The Morgan fingerprint density at radius 3 is 2.16 bits per heavy atom. The average molecular weight is 328 g/mol. The molecule has 2 rings (SSSR count). The second-order valence-corrected chi connectivity index (χ2v) is 6.74. The fourth-order valence-corrected chi connectivity index (χ4v) is 2.86. The minimum absolute atomic E-state index is 0.401. The number of rotatable bonds is 2. The van der Waals surface area contributed by atoms with Crippen LogP contribution in [0.3, 0.4) is 0 Å². The molecule has 1 heterocycles. The highest BCUT2D eigenvalue weighted by atomic mass is 79.9. The van der Waals surface area contributed by atoms with Gasteiger partial charge in [0.15, 0.2) is 0 Å². The summed E-state index contributed by atoms with van der Waals surface area (Å²) in [5, 5.41) is 9.59. The number of carboxylic acid groups (broad SMARTS) is 1. The highest BCUT2D eigenvalue weighted by Gasteiger charge is 2.52. The van der Waals surface area contributed by atoms with E-state index >= 15 is 0 Å². The van der Waals surface area contributed by atoms with Gasteiger partial charge in [0.05, 0.1) is 13.2 Å². The van der Waals surface area contributed by atoms with Crippen LogP contribution in [-0.2, 0) is 10.3 Å². The molecule has 0 unspecified atom stereocenters. The summed E-state index contributed by atoms with van der Waals surface area (Å²) >= 11 is 3.40. The van der Waals surface area contributed by atoms with Gasteiger partial charge in [0.1, 0.15) is 5.54 Å². The van der Waals surface area contributed by atoms with Gasteiger partial charge in [0.2, 0.25) is 0 Å². The smallest absolute Gasteiger partial charge is 0.408 e. The van der Waals surface area contributed by atoms with Crippen LogP contribution in [0.2, 0.25) is 0 Å². The molecule has 0 atom stereocenters. The molecule has 104 valence electrons. The maximum absolute atomic E-state index is 11.7. The molecule has 0 aliphatic carbocycles. The Morgan fingerprint density at radius 1 is 1.32 bits per heavy atom. The summed E-state index contributed by atoms with van der Waals surface area (Å²) in [4.78, 5) is 13.2. The first-order valence-corrected chi connectivity index (χ1v) is 6.94. The van der Waals surface area contributed by atoms with Crippen molar-refractivity contribution in [3.63, 3.8) is 0 Å². The molecule has 1 aromatic rings. The zero-order valence-electron chi connectivity index (χ0n) is 11.3. The molecule has 4 nitrogen and oxygen atoms in total. The zero-order chi connectivity index (χ0) is 14.3. The van der Waals surface area contributed by atoms with E-state index < -0.39 is 17.2 Å². The number of carbonyl (C=O) groups is 1. The first kappa shape index (κ1) is 14.3. The number of hydrogen-bond donors (Lipinski definition) is 1. The molecule has 1 aliphatic rings. The third-order valence-corrected chi connectivity index (χ3v) is 3.88. The van der Waals surface area contributed by atoms with Crippen LogP contribution in [0.1, 0.15) is 26.3 Å². The van der Waals surface area contributed by atoms with Crippen LogP contribution in [-0.4, -0.2) is 34.9 Å². The average Bonchev–Trinajstić information content (AvgIpc) is 2.22. The lowest BCUT2D eigenvalue weighted by molar-refractivity contribution is -0.157. The zero-order valence-corrected chi connectivity index (χ0v) is 12.9. The van der Waals surface area contributed by atoms with Gasteiger partial charge in [0, 0.05) is 10.0 Å². The summed E-state index contributed by atoms with van der Waals surface area (Å²) in [5.41, 5.74) is -0.0905. The predicted octanol–water partition coefficient (Wildman–Crippen LogP) is 3.45. The van der Waals surface area contributed by atoms with Crippen LogP contribution in [0.15, 0.2) is 28.7 Å². The van der Waals surface area contributed by atoms with Crippen molar-refractivity contribution in [2.45, 2.75) is 31.8 Å². The fourth-order valence-electron chi connectivity index (χ4n) is 2.59. The molecule has 0 radical (unpaired) electrons. The highest BCUT2D eigenvalue weighted by Crippen LogP contribution is 2.40. The molecule has 1 amide bonds. The fraction of sp³-hybridized carbons (Fsp3) is 0.500. The van der Waals surface area contributed by atoms with Crippen molar-refractivity contribution in [2.75, 3.05) is 13.2 Å². The molecule has 0 spiro atoms. The molecule has 1 saturated heterocycles. The monoisotopic (exact) mass is 327 g/mol. The van der Waals surface area contributed by atoms with Crippen LogP contribution in [0.5, 0.6) is 0 Å². The molecule has 1 aromatic carbocycles. The summed E-state index contributed by atoms with van der Waals surface area (Å²) in [5.74, 6) is 0. The summed E-state index contributed by atoms with van der Waals surface area (Å²) in [6, 6.07) is 7.76. The van der Waals surface area contributed by atoms with Gasteiger partial charge in [-0.25, -0.2) is 4.79 Å². The SMILES string of the molecule is CC(C)(C)N(C(=O)O)C1(c2ccc(Br)cc2)COC1. The van der Waals surface area contributed by atoms with Crippen LogP contribution >= 0.6 is 15.9 Å². The standard InChI is InChI=1S/C14H18BrNO3/c1-13(2,3)16(12(17)18)14(8-19-9-14)10-4-6-11(15)7-5-10/h4-7H,8-9H2,1-3H3,(H,17,18). The molecule has 19 heavy (non-hydrogen) atoms. The third kappa shape index (κ3) is 2.49. The van der Waals surface area contributed by atoms with Crippen molar-refractivity contribution < 1.29 is 14.6 Å². The Hall–Kier alpha value is -1.07. The summed E-state index contributed by atoms with van der Waals surface area (Å²) in [6.45, 7) is 6.51. The molecule has 1 fully saturated rings. The molecule has 5 heteroatoms. The van der Waals surface area contributed by atoms with Gasteiger partial charge in [-0.15, -0.1) is 0 Å². The number of amides is 1. The largest absolute Gasteiger partial charge is 0.465 e. The van der Waals surface area contributed by atoms with Gasteiger partial charge >= 0.3 is 6.09 Å². The van der Waals surface area contributed by atoms with E-state index in [1.165, 1.54) is 4.90 Å². The Balaban J connectivity index is 2.47. The van der Waals surface area contributed by atoms with Crippen LogP contribution in [0, 0.1) is 0 Å². The number of halogens is 1. The maximum atomic E-state index is 11.7. The summed E-state index contributed by atoms with van der Waals surface area (Å²) in [7, 11) is 0. The van der Waals surface area contributed by atoms with Crippen LogP contribution < -0.4 is 0 Å². The highest BCUT2D eigenvalue weighted by molar-refractivity contribution is 9.10. The summed E-state index contributed by atoms with van der Waals surface area (Å²) < 4.78 is 6.31. The van der Waals surface area contributed by atoms with Gasteiger partial charge < -0.3 is 9.84 Å². The first-order chi connectivity index (χ1) is 8.77. The van der Waals surface area contributed by atoms with Gasteiger partial charge in [-0.05, 0) is 38.5 Å². The van der Waals surface area contributed by atoms with E-state index in [0.29, 0.717) is 13.2 Å². The van der Waals surface area contributed by atoms with Crippen LogP contribution in [0.4, 0.5) is 4.79 Å². The second kappa shape index (κ2) is 4.80. The van der Waals surface area contributed by atoms with Crippen molar-refractivity contribution in [3.8, 4) is 0 Å². The number of benzene rings is 1. The van der Waals surface area contributed by atoms with E-state index in [1.54, 1.807) is 0 Å². The van der Waals surface area contributed by atoms with Crippen molar-refractivity contribution in [1.82, 2.24) is 4.90 Å². The van der Waals surface area contributed by atoms with E-state index in [1.807, 2.05) is 45.0 Å². The minimum atomic E-state index is -0.918. The quantitative estimate of drug-likeness (QED) is 0.905.